The van der Waals surface area contributed by atoms with Crippen LogP contribution in [0.4, 0.5) is 0 Å². The van der Waals surface area contributed by atoms with Gasteiger partial charge in [-0.05, 0) is 39.3 Å². The number of hydrogen-bond donors (Lipinski definition) is 1. The first kappa shape index (κ1) is 14.5. The van der Waals surface area contributed by atoms with Crippen LogP contribution in [-0.4, -0.2) is 39.9 Å². The van der Waals surface area contributed by atoms with Gasteiger partial charge >= 0.3 is 0 Å². The van der Waals surface area contributed by atoms with E-state index in [-0.39, 0.29) is 0 Å². The fourth-order valence-electron chi connectivity index (χ4n) is 2.91. The molecule has 19 heavy (non-hydrogen) atoms. The highest BCUT2D eigenvalue weighted by Crippen LogP contribution is 2.20. The maximum Gasteiger partial charge on any atom is 0.0597 e. The number of likely N-dealkylation sites (tertiary alicyclic amines) is 1. The van der Waals surface area contributed by atoms with Crippen LogP contribution in [0.2, 0.25) is 0 Å². The van der Waals surface area contributed by atoms with Crippen LogP contribution in [0.1, 0.15) is 45.0 Å². The lowest BCUT2D eigenvalue weighted by atomic mass is 10.2. The molecular weight excluding hydrogens is 236 g/mol. The Morgan fingerprint density at radius 3 is 2.95 bits per heavy atom. The van der Waals surface area contributed by atoms with E-state index in [0.29, 0.717) is 12.1 Å². The lowest BCUT2D eigenvalue weighted by Crippen LogP contribution is -2.40. The Bertz CT molecular complexity index is 397. The number of aryl methyl sites for hydroxylation is 2. The molecule has 1 N–H and O–H groups in total. The van der Waals surface area contributed by atoms with Crippen molar-refractivity contribution >= 4 is 0 Å². The highest BCUT2D eigenvalue weighted by molar-refractivity contribution is 5.09. The summed E-state index contributed by atoms with van der Waals surface area (Å²) in [6.07, 6.45) is 2.64. The molecule has 1 aromatic heterocycles. The minimum Gasteiger partial charge on any atom is -0.313 e. The van der Waals surface area contributed by atoms with Crippen molar-refractivity contribution in [2.45, 2.75) is 65.7 Å². The van der Waals surface area contributed by atoms with Gasteiger partial charge in [0, 0.05) is 31.7 Å². The Labute approximate surface area is 117 Å². The summed E-state index contributed by atoms with van der Waals surface area (Å²) in [6, 6.07) is 3.49. The molecule has 4 heteroatoms. The van der Waals surface area contributed by atoms with Crippen LogP contribution >= 0.6 is 0 Å². The standard InChI is InChI=1S/C15H28N4/c1-5-19-15(9-13(4)17-19)11-18-8-6-7-14(18)10-16-12(2)3/h9,12,14,16H,5-8,10-11H2,1-4H3. The molecule has 0 saturated carbocycles. The number of nitrogens with zero attached hydrogens (tertiary/aromatic N) is 3. The fraction of sp³-hybridized carbons (Fsp3) is 0.800. The third-order valence-corrected chi connectivity index (χ3v) is 3.91. The van der Waals surface area contributed by atoms with E-state index in [0.717, 1.165) is 25.3 Å². The molecule has 1 aliphatic heterocycles. The Morgan fingerprint density at radius 1 is 1.47 bits per heavy atom. The lowest BCUT2D eigenvalue weighted by molar-refractivity contribution is 0.229. The van der Waals surface area contributed by atoms with Gasteiger partial charge in [0.25, 0.3) is 0 Å². The lowest BCUT2D eigenvalue weighted by Gasteiger charge is -2.25. The normalized spacial score (nSPS) is 20.6. The Kier molecular flexibility index (Phi) is 4.99. The van der Waals surface area contributed by atoms with Crippen LogP contribution in [0.5, 0.6) is 0 Å². The highest BCUT2D eigenvalue weighted by atomic mass is 15.3. The summed E-state index contributed by atoms with van der Waals surface area (Å²) in [5.74, 6) is 0. The number of nitrogens with one attached hydrogen (secondary N) is 1. The molecule has 4 nitrogen and oxygen atoms in total. The van der Waals surface area contributed by atoms with Crippen LogP contribution < -0.4 is 5.32 Å². The molecule has 0 radical (unpaired) electrons. The van der Waals surface area contributed by atoms with Gasteiger partial charge in [-0.15, -0.1) is 0 Å². The van der Waals surface area contributed by atoms with Crippen molar-refractivity contribution in [1.82, 2.24) is 20.0 Å². The van der Waals surface area contributed by atoms with Gasteiger partial charge in [-0.25, -0.2) is 0 Å². The average Bonchev–Trinajstić information content (AvgIpc) is 2.93. The number of rotatable bonds is 6. The van der Waals surface area contributed by atoms with Gasteiger partial charge < -0.3 is 5.32 Å². The van der Waals surface area contributed by atoms with Crippen LogP contribution in [0.15, 0.2) is 6.07 Å². The first-order chi connectivity index (χ1) is 9.10. The predicted molar refractivity (Wildman–Crippen MR) is 79.2 cm³/mol. The van der Waals surface area contributed by atoms with E-state index in [1.54, 1.807) is 0 Å². The van der Waals surface area contributed by atoms with E-state index < -0.39 is 0 Å². The Balaban J connectivity index is 1.96. The molecule has 0 bridgehead atoms. The molecule has 0 spiro atoms. The molecule has 0 amide bonds. The van der Waals surface area contributed by atoms with Crippen LogP contribution in [0.25, 0.3) is 0 Å². The minimum atomic E-state index is 0.575. The second kappa shape index (κ2) is 6.53. The van der Waals surface area contributed by atoms with Crippen molar-refractivity contribution < 1.29 is 0 Å². The molecule has 0 aliphatic carbocycles. The summed E-state index contributed by atoms with van der Waals surface area (Å²) in [5.41, 5.74) is 2.49. The van der Waals surface area contributed by atoms with Gasteiger partial charge in [-0.2, -0.15) is 5.10 Å². The highest BCUT2D eigenvalue weighted by Gasteiger charge is 2.25. The molecule has 1 saturated heterocycles. The monoisotopic (exact) mass is 264 g/mol. The second-order valence-electron chi connectivity index (χ2n) is 5.92. The van der Waals surface area contributed by atoms with E-state index in [9.17, 15) is 0 Å². The maximum atomic E-state index is 4.54. The van der Waals surface area contributed by atoms with Gasteiger partial charge in [0.1, 0.15) is 0 Å². The fourth-order valence-corrected chi connectivity index (χ4v) is 2.91. The molecule has 108 valence electrons. The number of aromatic nitrogens is 2. The van der Waals surface area contributed by atoms with Gasteiger partial charge in [-0.3, -0.25) is 9.58 Å². The first-order valence-electron chi connectivity index (χ1n) is 7.61. The molecule has 2 rings (SSSR count). The van der Waals surface area contributed by atoms with E-state index >= 15 is 0 Å². The summed E-state index contributed by atoms with van der Waals surface area (Å²) in [6.45, 7) is 13.0. The summed E-state index contributed by atoms with van der Waals surface area (Å²) >= 11 is 0. The molecule has 1 fully saturated rings. The molecule has 0 aromatic carbocycles. The van der Waals surface area contributed by atoms with Crippen LogP contribution in [-0.2, 0) is 13.1 Å². The SMILES string of the molecule is CCn1nc(C)cc1CN1CCCC1CNC(C)C. The second-order valence-corrected chi connectivity index (χ2v) is 5.92. The summed E-state index contributed by atoms with van der Waals surface area (Å²) in [7, 11) is 0. The van der Waals surface area contributed by atoms with E-state index in [1.165, 1.54) is 25.1 Å². The van der Waals surface area contributed by atoms with E-state index in [1.807, 2.05) is 0 Å². The first-order valence-corrected chi connectivity index (χ1v) is 7.61. The van der Waals surface area contributed by atoms with E-state index in [4.69, 9.17) is 0 Å². The van der Waals surface area contributed by atoms with Crippen molar-refractivity contribution in [2.75, 3.05) is 13.1 Å². The van der Waals surface area contributed by atoms with Crippen molar-refractivity contribution in [3.05, 3.63) is 17.5 Å². The molecular formula is C15H28N4. The summed E-state index contributed by atoms with van der Waals surface area (Å²) < 4.78 is 2.14. The van der Waals surface area contributed by atoms with E-state index in [2.05, 4.69) is 53.8 Å². The Morgan fingerprint density at radius 2 is 2.26 bits per heavy atom. The third kappa shape index (κ3) is 3.80. The zero-order chi connectivity index (χ0) is 13.8. The summed E-state index contributed by atoms with van der Waals surface area (Å²) in [5, 5.41) is 8.12. The van der Waals surface area contributed by atoms with Crippen molar-refractivity contribution in [2.24, 2.45) is 0 Å². The quantitative estimate of drug-likeness (QED) is 0.855. The molecule has 1 unspecified atom stereocenters. The van der Waals surface area contributed by atoms with Gasteiger partial charge in [0.2, 0.25) is 0 Å². The van der Waals surface area contributed by atoms with Crippen LogP contribution in [0.3, 0.4) is 0 Å². The average molecular weight is 264 g/mol. The molecule has 1 aliphatic rings. The van der Waals surface area contributed by atoms with Gasteiger partial charge in [0.15, 0.2) is 0 Å². The summed E-state index contributed by atoms with van der Waals surface area (Å²) in [4.78, 5) is 2.61. The van der Waals surface area contributed by atoms with Gasteiger partial charge in [0.05, 0.1) is 11.4 Å². The maximum absolute atomic E-state index is 4.54. The topological polar surface area (TPSA) is 33.1 Å². The van der Waals surface area contributed by atoms with Crippen LogP contribution in [0, 0.1) is 6.92 Å². The largest absolute Gasteiger partial charge is 0.313 e. The zero-order valence-electron chi connectivity index (χ0n) is 12.8. The predicted octanol–water partition coefficient (Wildman–Crippen LogP) is 2.17. The van der Waals surface area contributed by atoms with Gasteiger partial charge in [-0.1, -0.05) is 13.8 Å². The molecule has 1 atom stereocenters. The van der Waals surface area contributed by atoms with Crippen molar-refractivity contribution in [3.8, 4) is 0 Å². The molecule has 2 heterocycles. The van der Waals surface area contributed by atoms with Crippen molar-refractivity contribution in [3.63, 3.8) is 0 Å². The third-order valence-electron chi connectivity index (χ3n) is 3.91. The van der Waals surface area contributed by atoms with Crippen molar-refractivity contribution in [1.29, 1.82) is 0 Å². The minimum absolute atomic E-state index is 0.575. The number of hydrogen-bond acceptors (Lipinski definition) is 3. The Hall–Kier alpha value is -0.870. The molecule has 1 aromatic rings. The zero-order valence-corrected chi connectivity index (χ0v) is 12.8. The smallest absolute Gasteiger partial charge is 0.0597 e.